The molecule has 4 aromatic carbocycles. The van der Waals surface area contributed by atoms with Gasteiger partial charge in [0.25, 0.3) is 23.6 Å². The third kappa shape index (κ3) is 7.17. The maximum absolute atomic E-state index is 13.0. The summed E-state index contributed by atoms with van der Waals surface area (Å²) in [7, 11) is 0. The quantitative estimate of drug-likeness (QED) is 0.109. The van der Waals surface area contributed by atoms with Gasteiger partial charge in [-0.25, -0.2) is 9.59 Å². The van der Waals surface area contributed by atoms with E-state index in [4.69, 9.17) is 55.9 Å². The molecule has 0 aliphatic carbocycles. The van der Waals surface area contributed by atoms with E-state index in [9.17, 15) is 28.8 Å². The van der Waals surface area contributed by atoms with Crippen LogP contribution in [0, 0.1) is 0 Å². The predicted molar refractivity (Wildman–Crippen MR) is 190 cm³/mol. The first-order chi connectivity index (χ1) is 24.1. The summed E-state index contributed by atoms with van der Waals surface area (Å²) in [6.07, 6.45) is 2.35. The lowest BCUT2D eigenvalue weighted by atomic mass is 9.78. The molecule has 2 heterocycles. The van der Waals surface area contributed by atoms with E-state index < -0.39 is 41.0 Å². The zero-order valence-electron chi connectivity index (χ0n) is 26.4. The van der Waals surface area contributed by atoms with Crippen molar-refractivity contribution in [3.63, 3.8) is 0 Å². The number of carbonyl (C=O) groups excluding carboxylic acids is 6. The minimum absolute atomic E-state index is 0.0482. The maximum Gasteiger partial charge on any atom is 0.343 e. The van der Waals surface area contributed by atoms with E-state index in [1.54, 1.807) is 24.3 Å². The van der Waals surface area contributed by atoms with Crippen LogP contribution in [-0.2, 0) is 24.6 Å². The monoisotopic (exact) mass is 762 g/mol. The third-order valence-electron chi connectivity index (χ3n) is 8.21. The van der Waals surface area contributed by atoms with Gasteiger partial charge in [-0.05, 0) is 70.8 Å². The highest BCUT2D eigenvalue weighted by atomic mass is 35.5. The molecule has 2 aliphatic heterocycles. The second-order valence-corrected chi connectivity index (χ2v) is 13.5. The van der Waals surface area contributed by atoms with Crippen molar-refractivity contribution in [1.82, 2.24) is 10.6 Å². The Morgan fingerprint density at radius 1 is 0.549 bits per heavy atom. The first-order valence-electron chi connectivity index (χ1n) is 14.9. The molecule has 2 N–H and O–H groups in total. The van der Waals surface area contributed by atoms with Gasteiger partial charge in [-0.1, -0.05) is 84.5 Å². The molecule has 256 valence electrons. The van der Waals surface area contributed by atoms with Crippen LogP contribution in [0.4, 0.5) is 0 Å². The molecule has 0 aromatic heterocycles. The Kier molecular flexibility index (Phi) is 9.63. The van der Waals surface area contributed by atoms with Crippen molar-refractivity contribution < 1.29 is 38.2 Å². The lowest BCUT2D eigenvalue weighted by Crippen LogP contribution is -2.21. The van der Waals surface area contributed by atoms with Crippen molar-refractivity contribution >= 4 is 93.1 Å². The normalized spacial score (nSPS) is 14.2. The van der Waals surface area contributed by atoms with Gasteiger partial charge < -0.3 is 9.47 Å². The van der Waals surface area contributed by atoms with Gasteiger partial charge in [0, 0.05) is 17.6 Å². The smallest absolute Gasteiger partial charge is 0.343 e. The van der Waals surface area contributed by atoms with Crippen molar-refractivity contribution in [2.24, 2.45) is 0 Å². The summed E-state index contributed by atoms with van der Waals surface area (Å²) in [6.45, 7) is 3.72. The van der Waals surface area contributed by atoms with Crippen molar-refractivity contribution in [1.29, 1.82) is 0 Å². The summed E-state index contributed by atoms with van der Waals surface area (Å²) >= 11 is 26.3. The van der Waals surface area contributed by atoms with Gasteiger partial charge in [-0.2, -0.15) is 0 Å². The van der Waals surface area contributed by atoms with Gasteiger partial charge in [0.1, 0.15) is 0 Å². The highest BCUT2D eigenvalue weighted by molar-refractivity contribution is 6.38. The van der Waals surface area contributed by atoms with E-state index in [0.717, 1.165) is 0 Å². The number of esters is 2. The van der Waals surface area contributed by atoms with Crippen molar-refractivity contribution in [2.75, 3.05) is 0 Å². The van der Waals surface area contributed by atoms with Gasteiger partial charge in [0.15, 0.2) is 11.5 Å². The average Bonchev–Trinajstić information content (AvgIpc) is 3.62. The van der Waals surface area contributed by atoms with Crippen LogP contribution in [0.25, 0.3) is 11.1 Å². The summed E-state index contributed by atoms with van der Waals surface area (Å²) in [6, 6.07) is 18.2. The van der Waals surface area contributed by atoms with Gasteiger partial charge in [0.05, 0.1) is 42.4 Å². The van der Waals surface area contributed by atoms with Gasteiger partial charge in [-0.3, -0.25) is 29.8 Å². The fourth-order valence-corrected chi connectivity index (χ4v) is 6.46. The molecule has 0 spiro atoms. The maximum atomic E-state index is 13.0. The summed E-state index contributed by atoms with van der Waals surface area (Å²) < 4.78 is 11.1. The van der Waals surface area contributed by atoms with Gasteiger partial charge in [0.2, 0.25) is 0 Å². The zero-order chi connectivity index (χ0) is 36.8. The summed E-state index contributed by atoms with van der Waals surface area (Å²) in [5, 5.41) is 4.52. The molecule has 10 nitrogen and oxygen atoms in total. The largest absolute Gasteiger partial charge is 0.420 e. The first-order valence-corrected chi connectivity index (χ1v) is 16.4. The number of hydrogen-bond donors (Lipinski definition) is 2. The fourth-order valence-electron chi connectivity index (χ4n) is 5.33. The minimum Gasteiger partial charge on any atom is -0.420 e. The number of halogens is 4. The lowest BCUT2D eigenvalue weighted by molar-refractivity contribution is -0.124. The highest BCUT2D eigenvalue weighted by Crippen LogP contribution is 2.44. The second-order valence-electron chi connectivity index (χ2n) is 11.8. The van der Waals surface area contributed by atoms with E-state index in [2.05, 4.69) is 10.6 Å². The van der Waals surface area contributed by atoms with Crippen LogP contribution in [0.1, 0.15) is 56.8 Å². The van der Waals surface area contributed by atoms with Crippen LogP contribution in [0.5, 0.6) is 11.5 Å². The molecule has 6 rings (SSSR count). The minimum atomic E-state index is -0.817. The SMILES string of the molecule is CC(C)(c1cc(Cl)c(OC(=O)c2ccc(C3=CC(=O)NC3=O)cc2)c(Cl)c1)c1cc(Cl)c(OC(=O)c2ccc(C3=CC(=O)NC3=O)cc2)c(Cl)c1. The molecule has 0 bridgehead atoms. The number of rotatable bonds is 8. The molecule has 2 aliphatic rings. The van der Waals surface area contributed by atoms with Crippen LogP contribution in [0.3, 0.4) is 0 Å². The second kappa shape index (κ2) is 13.8. The van der Waals surface area contributed by atoms with E-state index >= 15 is 0 Å². The molecule has 14 heteroatoms. The Bertz CT molecular complexity index is 2070. The van der Waals surface area contributed by atoms with E-state index in [0.29, 0.717) is 22.3 Å². The Morgan fingerprint density at radius 3 is 1.14 bits per heavy atom. The fraction of sp³-hybridized carbons (Fsp3) is 0.0811. The number of amides is 4. The van der Waals surface area contributed by atoms with E-state index in [1.165, 1.54) is 60.7 Å². The van der Waals surface area contributed by atoms with Crippen LogP contribution in [0.2, 0.25) is 20.1 Å². The number of carbonyl (C=O) groups is 6. The van der Waals surface area contributed by atoms with Crippen molar-refractivity contribution in [2.45, 2.75) is 19.3 Å². The van der Waals surface area contributed by atoms with Gasteiger partial charge in [-0.15, -0.1) is 0 Å². The topological polar surface area (TPSA) is 145 Å². The molecule has 0 unspecified atom stereocenters. The molecule has 0 saturated heterocycles. The van der Waals surface area contributed by atoms with Crippen molar-refractivity contribution in [3.8, 4) is 11.5 Å². The Labute approximate surface area is 309 Å². The van der Waals surface area contributed by atoms with Crippen LogP contribution >= 0.6 is 46.4 Å². The molecule has 0 atom stereocenters. The van der Waals surface area contributed by atoms with Gasteiger partial charge >= 0.3 is 11.9 Å². The molecule has 0 saturated carbocycles. The van der Waals surface area contributed by atoms with Crippen LogP contribution in [0.15, 0.2) is 84.9 Å². The first kappa shape index (κ1) is 35.6. The molecular weight excluding hydrogens is 742 g/mol. The summed E-state index contributed by atoms with van der Waals surface area (Å²) in [5.74, 6) is -3.75. The molecule has 0 fully saturated rings. The number of ether oxygens (including phenoxy) is 2. The molecule has 4 aromatic rings. The van der Waals surface area contributed by atoms with Crippen LogP contribution in [-0.4, -0.2) is 35.6 Å². The summed E-state index contributed by atoms with van der Waals surface area (Å²) in [4.78, 5) is 72.7. The Morgan fingerprint density at radius 2 is 0.863 bits per heavy atom. The van der Waals surface area contributed by atoms with Crippen LogP contribution < -0.4 is 20.1 Å². The van der Waals surface area contributed by atoms with Crippen molar-refractivity contribution in [3.05, 3.63) is 138 Å². The molecule has 0 radical (unpaired) electrons. The van der Waals surface area contributed by atoms with E-state index in [1.807, 2.05) is 13.8 Å². The Balaban J connectivity index is 1.17. The summed E-state index contributed by atoms with van der Waals surface area (Å²) in [5.41, 5.74) is 1.97. The Hall–Kier alpha value is -5.26. The molecule has 51 heavy (non-hydrogen) atoms. The predicted octanol–water partition coefficient (Wildman–Crippen LogP) is 7.14. The number of hydrogen-bond acceptors (Lipinski definition) is 8. The number of nitrogens with one attached hydrogen (secondary N) is 2. The zero-order valence-corrected chi connectivity index (χ0v) is 29.4. The molecular formula is C37H22Cl4N2O8. The number of benzene rings is 4. The average molecular weight is 764 g/mol. The molecule has 4 amide bonds. The number of imide groups is 2. The van der Waals surface area contributed by atoms with E-state index in [-0.39, 0.29) is 53.9 Å². The third-order valence-corrected chi connectivity index (χ3v) is 9.33. The lowest BCUT2D eigenvalue weighted by Gasteiger charge is -2.28. The standard InChI is InChI=1S/C37H22Cl4N2O8/c1-37(2,21-11-25(38)31(26(39)12-21)50-35(48)19-7-3-17(4-8-19)23-15-29(44)42-33(23)46)22-13-27(40)32(28(41)14-22)51-36(49)20-9-5-18(6-10-20)24-16-30(45)43-34(24)47/h3-16H,1-2H3,(H,42,44,46)(H,43,45,47). The highest BCUT2D eigenvalue weighted by Gasteiger charge is 2.29.